The molecule has 0 aliphatic heterocycles. The lowest BCUT2D eigenvalue weighted by Crippen LogP contribution is -2.38. The number of anilines is 1. The Labute approximate surface area is 172 Å². The summed E-state index contributed by atoms with van der Waals surface area (Å²) < 4.78 is 0. The molecule has 2 heterocycles. The third-order valence-corrected chi connectivity index (χ3v) is 4.78. The van der Waals surface area contributed by atoms with Crippen LogP contribution in [0.3, 0.4) is 0 Å². The van der Waals surface area contributed by atoms with Crippen molar-refractivity contribution in [2.45, 2.75) is 20.8 Å². The molecule has 0 atom stereocenters. The number of benzene rings is 1. The number of aromatic nitrogens is 3. The topological polar surface area (TPSA) is 62.2 Å². The summed E-state index contributed by atoms with van der Waals surface area (Å²) in [5.41, 5.74) is 4.18. The van der Waals surface area contributed by atoms with Crippen molar-refractivity contribution in [3.8, 4) is 11.1 Å². The highest BCUT2D eigenvalue weighted by Gasteiger charge is 2.20. The van der Waals surface area contributed by atoms with E-state index in [1.807, 2.05) is 86.1 Å². The van der Waals surface area contributed by atoms with Gasteiger partial charge in [-0.15, -0.1) is 0 Å². The summed E-state index contributed by atoms with van der Waals surface area (Å²) in [6.45, 7) is 7.70. The number of hydrogen-bond donors (Lipinski definition) is 0. The molecule has 150 valence electrons. The smallest absolute Gasteiger partial charge is 0.273 e. The van der Waals surface area contributed by atoms with Crippen LogP contribution in [0.2, 0.25) is 0 Å². The van der Waals surface area contributed by atoms with E-state index in [-0.39, 0.29) is 5.91 Å². The zero-order valence-corrected chi connectivity index (χ0v) is 17.5. The Bertz CT molecular complexity index is 954. The summed E-state index contributed by atoms with van der Waals surface area (Å²) >= 11 is 0. The summed E-state index contributed by atoms with van der Waals surface area (Å²) in [6, 6.07) is 15.6. The van der Waals surface area contributed by atoms with Crippen LogP contribution in [0.1, 0.15) is 28.8 Å². The second-order valence-corrected chi connectivity index (χ2v) is 7.02. The normalized spacial score (nSPS) is 10.6. The van der Waals surface area contributed by atoms with Gasteiger partial charge in [0.25, 0.3) is 5.91 Å². The van der Waals surface area contributed by atoms with Crippen molar-refractivity contribution in [3.63, 3.8) is 0 Å². The molecular weight excluding hydrogens is 362 g/mol. The van der Waals surface area contributed by atoms with Crippen molar-refractivity contribution in [3.05, 3.63) is 71.8 Å². The van der Waals surface area contributed by atoms with Crippen molar-refractivity contribution in [2.24, 2.45) is 0 Å². The van der Waals surface area contributed by atoms with Gasteiger partial charge < -0.3 is 9.80 Å². The standard InChI is InChI=1S/C23H27N5O/c1-5-28(15-14-27(4)23-25-17(2)16-18(3)26-23)22(29)21-20(12-9-13-24-21)19-10-7-6-8-11-19/h6-13,16H,5,14-15H2,1-4H3. The lowest BCUT2D eigenvalue weighted by molar-refractivity contribution is 0.0763. The Morgan fingerprint density at radius 2 is 1.66 bits per heavy atom. The molecule has 6 nitrogen and oxygen atoms in total. The molecule has 0 aliphatic rings. The van der Waals surface area contributed by atoms with Crippen LogP contribution in [-0.2, 0) is 0 Å². The number of hydrogen-bond acceptors (Lipinski definition) is 5. The molecule has 0 aliphatic carbocycles. The molecule has 6 heteroatoms. The summed E-state index contributed by atoms with van der Waals surface area (Å²) in [4.78, 5) is 30.4. The number of amides is 1. The largest absolute Gasteiger partial charge is 0.342 e. The van der Waals surface area contributed by atoms with E-state index in [0.717, 1.165) is 22.5 Å². The number of carbonyl (C=O) groups excluding carboxylic acids is 1. The van der Waals surface area contributed by atoms with Crippen LogP contribution < -0.4 is 4.90 Å². The zero-order chi connectivity index (χ0) is 20.8. The van der Waals surface area contributed by atoms with E-state index in [1.54, 1.807) is 6.20 Å². The Balaban J connectivity index is 1.76. The van der Waals surface area contributed by atoms with E-state index in [2.05, 4.69) is 15.0 Å². The van der Waals surface area contributed by atoms with Crippen LogP contribution in [0, 0.1) is 13.8 Å². The van der Waals surface area contributed by atoms with Gasteiger partial charge in [0.05, 0.1) is 0 Å². The predicted molar refractivity (Wildman–Crippen MR) is 116 cm³/mol. The first kappa shape index (κ1) is 20.5. The van der Waals surface area contributed by atoms with Crippen LogP contribution in [0.4, 0.5) is 5.95 Å². The number of carbonyl (C=O) groups is 1. The van der Waals surface area contributed by atoms with Crippen molar-refractivity contribution in [2.75, 3.05) is 31.6 Å². The molecule has 0 fully saturated rings. The molecule has 0 spiro atoms. The quantitative estimate of drug-likeness (QED) is 0.616. The maximum atomic E-state index is 13.2. The first-order valence-corrected chi connectivity index (χ1v) is 9.82. The first-order chi connectivity index (χ1) is 14.0. The third-order valence-electron chi connectivity index (χ3n) is 4.78. The minimum Gasteiger partial charge on any atom is -0.342 e. The van der Waals surface area contributed by atoms with E-state index >= 15 is 0 Å². The van der Waals surface area contributed by atoms with Crippen LogP contribution >= 0.6 is 0 Å². The molecule has 1 aromatic carbocycles. The van der Waals surface area contributed by atoms with Gasteiger partial charge in [0.1, 0.15) is 5.69 Å². The summed E-state index contributed by atoms with van der Waals surface area (Å²) in [5, 5.41) is 0. The molecule has 29 heavy (non-hydrogen) atoms. The Morgan fingerprint density at radius 1 is 0.966 bits per heavy atom. The van der Waals surface area contributed by atoms with Gasteiger partial charge in [0.2, 0.25) is 5.95 Å². The maximum absolute atomic E-state index is 13.2. The molecule has 0 unspecified atom stereocenters. The summed E-state index contributed by atoms with van der Waals surface area (Å²) in [6.07, 6.45) is 1.67. The SMILES string of the molecule is CCN(CCN(C)c1nc(C)cc(C)n1)C(=O)c1ncccc1-c1ccccc1. The number of likely N-dealkylation sites (N-methyl/N-ethyl adjacent to an activating group) is 2. The maximum Gasteiger partial charge on any atom is 0.273 e. The monoisotopic (exact) mass is 389 g/mol. The van der Waals surface area contributed by atoms with Crippen molar-refractivity contribution >= 4 is 11.9 Å². The van der Waals surface area contributed by atoms with E-state index in [4.69, 9.17) is 0 Å². The fraction of sp³-hybridized carbons (Fsp3) is 0.304. The highest BCUT2D eigenvalue weighted by atomic mass is 16.2. The Kier molecular flexibility index (Phi) is 6.54. The molecule has 3 aromatic rings. The average molecular weight is 390 g/mol. The van der Waals surface area contributed by atoms with Gasteiger partial charge in [-0.3, -0.25) is 9.78 Å². The van der Waals surface area contributed by atoms with Gasteiger partial charge in [-0.2, -0.15) is 0 Å². The first-order valence-electron chi connectivity index (χ1n) is 9.82. The van der Waals surface area contributed by atoms with Crippen LogP contribution in [-0.4, -0.2) is 52.4 Å². The highest BCUT2D eigenvalue weighted by molar-refractivity contribution is 5.98. The van der Waals surface area contributed by atoms with Crippen molar-refractivity contribution < 1.29 is 4.79 Å². The molecule has 1 amide bonds. The van der Waals surface area contributed by atoms with E-state index in [1.165, 1.54) is 0 Å². The van der Waals surface area contributed by atoms with Crippen molar-refractivity contribution in [1.82, 2.24) is 19.9 Å². The van der Waals surface area contributed by atoms with E-state index in [9.17, 15) is 4.79 Å². The van der Waals surface area contributed by atoms with Gasteiger partial charge in [-0.1, -0.05) is 36.4 Å². The number of rotatable bonds is 7. The summed E-state index contributed by atoms with van der Waals surface area (Å²) in [7, 11) is 1.95. The highest BCUT2D eigenvalue weighted by Crippen LogP contribution is 2.23. The molecule has 2 aromatic heterocycles. The van der Waals surface area contributed by atoms with Gasteiger partial charge >= 0.3 is 0 Å². The molecule has 0 bridgehead atoms. The van der Waals surface area contributed by atoms with Gasteiger partial charge in [0, 0.05) is 49.8 Å². The number of pyridine rings is 1. The minimum absolute atomic E-state index is 0.0679. The second-order valence-electron chi connectivity index (χ2n) is 7.02. The van der Waals surface area contributed by atoms with Gasteiger partial charge in [0.15, 0.2) is 0 Å². The molecule has 0 saturated heterocycles. The Morgan fingerprint density at radius 3 is 2.31 bits per heavy atom. The number of aryl methyl sites for hydroxylation is 2. The zero-order valence-electron chi connectivity index (χ0n) is 17.5. The van der Waals surface area contributed by atoms with E-state index in [0.29, 0.717) is 31.3 Å². The van der Waals surface area contributed by atoms with Crippen LogP contribution in [0.15, 0.2) is 54.7 Å². The third kappa shape index (κ3) is 4.96. The minimum atomic E-state index is -0.0679. The molecular formula is C23H27N5O. The fourth-order valence-electron chi connectivity index (χ4n) is 3.23. The lowest BCUT2D eigenvalue weighted by Gasteiger charge is -2.25. The lowest BCUT2D eigenvalue weighted by atomic mass is 10.0. The van der Waals surface area contributed by atoms with Crippen LogP contribution in [0.5, 0.6) is 0 Å². The molecule has 0 N–H and O–H groups in total. The predicted octanol–water partition coefficient (Wildman–Crippen LogP) is 3.75. The summed E-state index contributed by atoms with van der Waals surface area (Å²) in [5.74, 6) is 0.607. The fourth-order valence-corrected chi connectivity index (χ4v) is 3.23. The molecule has 3 rings (SSSR count). The van der Waals surface area contributed by atoms with Crippen LogP contribution in [0.25, 0.3) is 11.1 Å². The van der Waals surface area contributed by atoms with Gasteiger partial charge in [-0.05, 0) is 38.5 Å². The number of nitrogens with zero attached hydrogens (tertiary/aromatic N) is 5. The average Bonchev–Trinajstić information content (AvgIpc) is 2.73. The molecule has 0 saturated carbocycles. The van der Waals surface area contributed by atoms with Gasteiger partial charge in [-0.25, -0.2) is 9.97 Å². The van der Waals surface area contributed by atoms with E-state index < -0.39 is 0 Å². The second kappa shape index (κ2) is 9.28. The molecule has 0 radical (unpaired) electrons. The van der Waals surface area contributed by atoms with Crippen molar-refractivity contribution in [1.29, 1.82) is 0 Å². The Hall–Kier alpha value is -3.28.